The van der Waals surface area contributed by atoms with Crippen LogP contribution in [0, 0.1) is 0 Å². The Labute approximate surface area is 147 Å². The lowest BCUT2D eigenvalue weighted by Gasteiger charge is -2.29. The number of methoxy groups -OCH3 is 1. The summed E-state index contributed by atoms with van der Waals surface area (Å²) >= 11 is 0. The minimum Gasteiger partial charge on any atom is -0.468 e. The quantitative estimate of drug-likeness (QED) is 0.647. The van der Waals surface area contributed by atoms with Crippen LogP contribution in [0.2, 0.25) is 6.82 Å². The highest BCUT2D eigenvalue weighted by Crippen LogP contribution is 2.24. The first-order valence-electron chi connectivity index (χ1n) is 8.53. The van der Waals surface area contributed by atoms with E-state index in [1.165, 1.54) is 12.7 Å². The summed E-state index contributed by atoms with van der Waals surface area (Å²) in [5.41, 5.74) is 2.40. The van der Waals surface area contributed by atoms with Crippen molar-refractivity contribution in [2.75, 3.05) is 20.2 Å². The monoisotopic (exact) mass is 346 g/mol. The largest absolute Gasteiger partial charge is 0.468 e. The average molecular weight is 346 g/mol. The van der Waals surface area contributed by atoms with E-state index < -0.39 is 25.2 Å². The minimum absolute atomic E-state index is 0.313. The molecule has 0 aliphatic carbocycles. The van der Waals surface area contributed by atoms with Crippen LogP contribution in [-0.2, 0) is 27.2 Å². The van der Waals surface area contributed by atoms with E-state index in [1.807, 2.05) is 18.2 Å². The summed E-state index contributed by atoms with van der Waals surface area (Å²) in [5.74, 6) is -0.425. The lowest BCUT2D eigenvalue weighted by molar-refractivity contribution is -0.144. The van der Waals surface area contributed by atoms with Crippen molar-refractivity contribution < 1.29 is 24.1 Å². The lowest BCUT2D eigenvalue weighted by Crippen LogP contribution is -2.45. The topological polar surface area (TPSA) is 79.3 Å². The highest BCUT2D eigenvalue weighted by Gasteiger charge is 2.42. The molecule has 0 spiro atoms. The number of amides is 1. The fourth-order valence-electron chi connectivity index (χ4n) is 3.56. The van der Waals surface area contributed by atoms with Gasteiger partial charge in [0, 0.05) is 26.1 Å². The first kappa shape index (κ1) is 17.8. The van der Waals surface area contributed by atoms with Gasteiger partial charge in [0.15, 0.2) is 0 Å². The Balaban J connectivity index is 1.61. The minimum atomic E-state index is -0.810. The maximum atomic E-state index is 12.5. The van der Waals surface area contributed by atoms with Gasteiger partial charge >= 0.3 is 19.1 Å². The zero-order chi connectivity index (χ0) is 18.0. The normalized spacial score (nSPS) is 23.1. The summed E-state index contributed by atoms with van der Waals surface area (Å²) in [4.78, 5) is 27.6. The van der Waals surface area contributed by atoms with Crippen molar-refractivity contribution >= 4 is 19.1 Å². The van der Waals surface area contributed by atoms with Crippen LogP contribution in [0.5, 0.6) is 0 Å². The van der Waals surface area contributed by atoms with E-state index in [9.17, 15) is 14.6 Å². The van der Waals surface area contributed by atoms with E-state index in [2.05, 4.69) is 6.07 Å². The number of esters is 1. The van der Waals surface area contributed by atoms with Gasteiger partial charge in [0.1, 0.15) is 12.1 Å². The SMILES string of the molecule is COC(=O)[C@@H]1C[C@@H](OC(=O)N2CCc3ccccc3C2)CN1B(C)O. The van der Waals surface area contributed by atoms with Crippen LogP contribution < -0.4 is 0 Å². The lowest BCUT2D eigenvalue weighted by atomic mass is 9.84. The molecule has 0 radical (unpaired) electrons. The van der Waals surface area contributed by atoms with E-state index >= 15 is 0 Å². The molecule has 0 unspecified atom stereocenters. The van der Waals surface area contributed by atoms with Gasteiger partial charge < -0.3 is 24.2 Å². The number of carbonyl (C=O) groups is 2. The molecule has 1 fully saturated rings. The van der Waals surface area contributed by atoms with Crippen LogP contribution in [0.15, 0.2) is 24.3 Å². The van der Waals surface area contributed by atoms with Gasteiger partial charge in [0.25, 0.3) is 0 Å². The molecule has 1 aromatic rings. The second-order valence-corrected chi connectivity index (χ2v) is 6.55. The molecule has 2 aliphatic rings. The van der Waals surface area contributed by atoms with Gasteiger partial charge in [-0.1, -0.05) is 24.3 Å². The van der Waals surface area contributed by atoms with Gasteiger partial charge in [-0.3, -0.25) is 4.79 Å². The Morgan fingerprint density at radius 2 is 2.00 bits per heavy atom. The van der Waals surface area contributed by atoms with Gasteiger partial charge in [0.05, 0.1) is 7.11 Å². The van der Waals surface area contributed by atoms with Crippen molar-refractivity contribution in [2.45, 2.75) is 38.4 Å². The third-order valence-corrected chi connectivity index (χ3v) is 4.91. The third-order valence-electron chi connectivity index (χ3n) is 4.91. The molecule has 134 valence electrons. The fourth-order valence-corrected chi connectivity index (χ4v) is 3.56. The van der Waals surface area contributed by atoms with Crippen LogP contribution in [-0.4, -0.2) is 66.2 Å². The molecule has 2 heterocycles. The van der Waals surface area contributed by atoms with Crippen molar-refractivity contribution in [3.63, 3.8) is 0 Å². The van der Waals surface area contributed by atoms with Crippen molar-refractivity contribution in [3.05, 3.63) is 35.4 Å². The van der Waals surface area contributed by atoms with Crippen molar-refractivity contribution in [2.24, 2.45) is 0 Å². The summed E-state index contributed by atoms with van der Waals surface area (Å²) in [5, 5.41) is 9.84. The molecule has 2 atom stereocenters. The Hall–Kier alpha value is -2.06. The third kappa shape index (κ3) is 3.80. The molecule has 0 bridgehead atoms. The van der Waals surface area contributed by atoms with E-state index in [0.29, 0.717) is 26.1 Å². The number of ether oxygens (including phenoxy) is 2. The zero-order valence-electron chi connectivity index (χ0n) is 14.6. The summed E-state index contributed by atoms with van der Waals surface area (Å²) < 4.78 is 10.4. The summed E-state index contributed by atoms with van der Waals surface area (Å²) in [7, 11) is 0.502. The molecule has 25 heavy (non-hydrogen) atoms. The molecule has 7 nitrogen and oxygen atoms in total. The van der Waals surface area contributed by atoms with Gasteiger partial charge in [-0.25, -0.2) is 4.79 Å². The van der Waals surface area contributed by atoms with Crippen LogP contribution >= 0.6 is 0 Å². The predicted molar refractivity (Wildman–Crippen MR) is 91.8 cm³/mol. The Bertz CT molecular complexity index is 654. The van der Waals surface area contributed by atoms with Crippen LogP contribution in [0.4, 0.5) is 4.79 Å². The number of hydrogen-bond acceptors (Lipinski definition) is 6. The predicted octanol–water partition coefficient (Wildman–Crippen LogP) is 0.907. The van der Waals surface area contributed by atoms with E-state index in [-0.39, 0.29) is 6.09 Å². The second kappa shape index (κ2) is 7.45. The van der Waals surface area contributed by atoms with Crippen molar-refractivity contribution in [1.29, 1.82) is 0 Å². The molecule has 1 N–H and O–H groups in total. The number of hydrogen-bond donors (Lipinski definition) is 1. The Morgan fingerprint density at radius 1 is 1.28 bits per heavy atom. The molecule has 0 aromatic heterocycles. The van der Waals surface area contributed by atoms with Gasteiger partial charge in [0.2, 0.25) is 0 Å². The van der Waals surface area contributed by atoms with Crippen LogP contribution in [0.1, 0.15) is 17.5 Å². The standard InChI is InChI=1S/C17H23BN2O5/c1-18(23)20-11-14(9-15(20)16(21)24-2)25-17(22)19-8-7-12-5-3-4-6-13(12)10-19/h3-6,14-15,23H,7-11H2,1-2H3/t14-,15+/m1/s1. The molecule has 3 rings (SSSR count). The molecule has 1 amide bonds. The van der Waals surface area contributed by atoms with Crippen molar-refractivity contribution in [1.82, 2.24) is 9.71 Å². The van der Waals surface area contributed by atoms with Crippen LogP contribution in [0.25, 0.3) is 0 Å². The number of nitrogens with zero attached hydrogens (tertiary/aromatic N) is 2. The second-order valence-electron chi connectivity index (χ2n) is 6.55. The maximum absolute atomic E-state index is 12.5. The van der Waals surface area contributed by atoms with E-state index in [0.717, 1.165) is 12.0 Å². The highest BCUT2D eigenvalue weighted by atomic mass is 16.6. The molecule has 1 aromatic carbocycles. The van der Waals surface area contributed by atoms with Gasteiger partial charge in [-0.2, -0.15) is 0 Å². The molecular formula is C17H23BN2O5. The molecule has 2 aliphatic heterocycles. The first-order chi connectivity index (χ1) is 12.0. The van der Waals surface area contributed by atoms with Crippen LogP contribution in [0.3, 0.4) is 0 Å². The molecule has 0 saturated carbocycles. The van der Waals surface area contributed by atoms with Gasteiger partial charge in [-0.15, -0.1) is 0 Å². The Morgan fingerprint density at radius 3 is 2.68 bits per heavy atom. The average Bonchev–Trinajstić information content (AvgIpc) is 3.04. The first-order valence-corrected chi connectivity index (χ1v) is 8.53. The zero-order valence-corrected chi connectivity index (χ0v) is 14.6. The summed E-state index contributed by atoms with van der Waals surface area (Å²) in [6, 6.07) is 7.48. The van der Waals surface area contributed by atoms with Crippen molar-refractivity contribution in [3.8, 4) is 0 Å². The number of carbonyl (C=O) groups excluding carboxylic acids is 2. The summed E-state index contributed by atoms with van der Waals surface area (Å²) in [6.07, 6.45) is 0.313. The summed E-state index contributed by atoms with van der Waals surface area (Å²) in [6.45, 7) is 3.04. The molecule has 1 saturated heterocycles. The maximum Gasteiger partial charge on any atom is 0.410 e. The highest BCUT2D eigenvalue weighted by molar-refractivity contribution is 6.45. The van der Waals surface area contributed by atoms with Gasteiger partial charge in [-0.05, 0) is 24.4 Å². The number of rotatable bonds is 3. The Kier molecular flexibility index (Phi) is 5.29. The van der Waals surface area contributed by atoms with E-state index in [1.54, 1.807) is 16.5 Å². The fraction of sp³-hybridized carbons (Fsp3) is 0.529. The van der Waals surface area contributed by atoms with E-state index in [4.69, 9.17) is 9.47 Å². The molecular weight excluding hydrogens is 323 g/mol. The smallest absolute Gasteiger partial charge is 0.410 e. The number of benzene rings is 1. The number of fused-ring (bicyclic) bond motifs is 1. The molecule has 8 heteroatoms.